The van der Waals surface area contributed by atoms with Crippen LogP contribution in [0.3, 0.4) is 0 Å². The normalized spacial score (nSPS) is 12.6. The second-order valence-corrected chi connectivity index (χ2v) is 6.26. The van der Waals surface area contributed by atoms with Gasteiger partial charge in [0.25, 0.3) is 0 Å². The first-order chi connectivity index (χ1) is 7.19. The molecule has 3 nitrogen and oxygen atoms in total. The van der Waals surface area contributed by atoms with Gasteiger partial charge in [0, 0.05) is 10.8 Å². The van der Waals surface area contributed by atoms with Crippen LogP contribution in [0.2, 0.25) is 0 Å². The van der Waals surface area contributed by atoms with Gasteiger partial charge in [-0.15, -0.1) is 11.3 Å². The number of aromatic nitrogens is 1. The van der Waals surface area contributed by atoms with Crippen molar-refractivity contribution < 1.29 is 9.53 Å². The molecule has 90 valence electrons. The molecule has 4 heteroatoms. The highest BCUT2D eigenvalue weighted by atomic mass is 32.1. The third-order valence-electron chi connectivity index (χ3n) is 2.50. The van der Waals surface area contributed by atoms with Crippen molar-refractivity contribution in [3.05, 3.63) is 16.1 Å². The molecule has 0 spiro atoms. The van der Waals surface area contributed by atoms with Crippen molar-refractivity contribution in [2.75, 3.05) is 7.11 Å². The van der Waals surface area contributed by atoms with Gasteiger partial charge in [0.2, 0.25) is 0 Å². The van der Waals surface area contributed by atoms with Gasteiger partial charge in [-0.3, -0.25) is 4.79 Å². The number of hydrogen-bond donors (Lipinski definition) is 0. The lowest BCUT2D eigenvalue weighted by atomic mass is 9.92. The molecule has 0 amide bonds. The van der Waals surface area contributed by atoms with Crippen LogP contribution in [0, 0.1) is 0 Å². The second kappa shape index (κ2) is 4.17. The molecular weight excluding hydrogens is 222 g/mol. The van der Waals surface area contributed by atoms with Crippen molar-refractivity contribution in [2.24, 2.45) is 0 Å². The fraction of sp³-hybridized carbons (Fsp3) is 0.667. The summed E-state index contributed by atoms with van der Waals surface area (Å²) in [4.78, 5) is 16.2. The molecule has 0 aromatic carbocycles. The zero-order chi connectivity index (χ0) is 12.6. The van der Waals surface area contributed by atoms with Gasteiger partial charge < -0.3 is 4.74 Å². The molecule has 0 atom stereocenters. The van der Waals surface area contributed by atoms with Crippen molar-refractivity contribution in [2.45, 2.75) is 45.4 Å². The lowest BCUT2D eigenvalue weighted by Gasteiger charge is -2.19. The Bertz CT molecular complexity index is 388. The summed E-state index contributed by atoms with van der Waals surface area (Å²) in [5.74, 6) is -0.248. The van der Waals surface area contributed by atoms with E-state index in [9.17, 15) is 4.79 Å². The Hall–Kier alpha value is -0.900. The Balaban J connectivity index is 3.07. The maximum atomic E-state index is 11.6. The summed E-state index contributed by atoms with van der Waals surface area (Å²) in [6.07, 6.45) is 0. The van der Waals surface area contributed by atoms with E-state index in [1.807, 2.05) is 19.2 Å². The van der Waals surface area contributed by atoms with Gasteiger partial charge in [0.05, 0.1) is 12.8 Å². The molecule has 0 saturated carbocycles. The summed E-state index contributed by atoms with van der Waals surface area (Å²) in [7, 11) is 1.41. The van der Waals surface area contributed by atoms with Gasteiger partial charge in [-0.05, 0) is 13.8 Å². The predicted octanol–water partition coefficient (Wildman–Crippen LogP) is 2.89. The highest BCUT2D eigenvalue weighted by Gasteiger charge is 2.35. The number of ether oxygens (including phenoxy) is 1. The minimum atomic E-state index is -0.664. The van der Waals surface area contributed by atoms with Crippen LogP contribution in [-0.4, -0.2) is 18.1 Å². The van der Waals surface area contributed by atoms with E-state index in [-0.39, 0.29) is 11.4 Å². The molecule has 1 heterocycles. The predicted molar refractivity (Wildman–Crippen MR) is 65.9 cm³/mol. The Morgan fingerprint density at radius 2 is 1.88 bits per heavy atom. The lowest BCUT2D eigenvalue weighted by molar-refractivity contribution is -0.146. The monoisotopic (exact) mass is 241 g/mol. The van der Waals surface area contributed by atoms with Crippen LogP contribution in [0.1, 0.15) is 45.3 Å². The average molecular weight is 241 g/mol. The number of esters is 1. The van der Waals surface area contributed by atoms with Gasteiger partial charge in [0.1, 0.15) is 10.4 Å². The van der Waals surface area contributed by atoms with Gasteiger partial charge in [-0.2, -0.15) is 0 Å². The Morgan fingerprint density at radius 3 is 2.25 bits per heavy atom. The highest BCUT2D eigenvalue weighted by Crippen LogP contribution is 2.31. The van der Waals surface area contributed by atoms with Gasteiger partial charge in [-0.1, -0.05) is 20.8 Å². The summed E-state index contributed by atoms with van der Waals surface area (Å²) >= 11 is 1.52. The van der Waals surface area contributed by atoms with Gasteiger partial charge in [0.15, 0.2) is 0 Å². The fourth-order valence-corrected chi connectivity index (χ4v) is 2.41. The molecule has 1 aromatic rings. The summed E-state index contributed by atoms with van der Waals surface area (Å²) in [6, 6.07) is 0. The number of hydrogen-bond acceptors (Lipinski definition) is 4. The van der Waals surface area contributed by atoms with E-state index >= 15 is 0 Å². The average Bonchev–Trinajstić information content (AvgIpc) is 2.64. The van der Waals surface area contributed by atoms with Crippen molar-refractivity contribution in [1.82, 2.24) is 4.98 Å². The molecule has 0 fully saturated rings. The van der Waals surface area contributed by atoms with Crippen LogP contribution in [0.4, 0.5) is 0 Å². The standard InChI is InChI=1S/C12H19NO2S/c1-11(2,3)8-7-16-9(13-8)12(4,5)10(14)15-6/h7H,1-6H3. The Labute approximate surface area is 101 Å². The molecule has 0 saturated heterocycles. The van der Waals surface area contributed by atoms with E-state index < -0.39 is 5.41 Å². The molecule has 0 radical (unpaired) electrons. The van der Waals surface area contributed by atoms with Crippen molar-refractivity contribution in [3.63, 3.8) is 0 Å². The molecule has 0 aliphatic carbocycles. The first kappa shape index (κ1) is 13.2. The molecule has 0 bridgehead atoms. The number of rotatable bonds is 2. The first-order valence-corrected chi connectivity index (χ1v) is 6.12. The quantitative estimate of drug-likeness (QED) is 0.747. The van der Waals surface area contributed by atoms with Crippen LogP contribution < -0.4 is 0 Å². The van der Waals surface area contributed by atoms with Crippen LogP contribution in [-0.2, 0) is 20.4 Å². The molecule has 1 aromatic heterocycles. The number of thiazole rings is 1. The van der Waals surface area contributed by atoms with Gasteiger partial charge in [-0.25, -0.2) is 4.98 Å². The van der Waals surface area contributed by atoms with Crippen LogP contribution in [0.25, 0.3) is 0 Å². The number of carbonyl (C=O) groups is 1. The van der Waals surface area contributed by atoms with Crippen LogP contribution >= 0.6 is 11.3 Å². The molecular formula is C12H19NO2S. The lowest BCUT2D eigenvalue weighted by Crippen LogP contribution is -2.30. The maximum absolute atomic E-state index is 11.6. The molecule has 0 aliphatic rings. The van der Waals surface area contributed by atoms with Crippen molar-refractivity contribution in [3.8, 4) is 0 Å². The fourth-order valence-electron chi connectivity index (χ4n) is 1.25. The highest BCUT2D eigenvalue weighted by molar-refractivity contribution is 7.10. The minimum Gasteiger partial charge on any atom is -0.468 e. The zero-order valence-corrected chi connectivity index (χ0v) is 11.6. The molecule has 0 unspecified atom stereocenters. The maximum Gasteiger partial charge on any atom is 0.318 e. The summed E-state index contributed by atoms with van der Waals surface area (Å²) in [6.45, 7) is 10.00. The smallest absolute Gasteiger partial charge is 0.318 e. The van der Waals surface area contributed by atoms with Gasteiger partial charge >= 0.3 is 5.97 Å². The van der Waals surface area contributed by atoms with Crippen molar-refractivity contribution >= 4 is 17.3 Å². The molecule has 16 heavy (non-hydrogen) atoms. The summed E-state index contributed by atoms with van der Waals surface area (Å²) < 4.78 is 4.79. The number of nitrogens with zero attached hydrogens (tertiary/aromatic N) is 1. The van der Waals surface area contributed by atoms with E-state index in [4.69, 9.17) is 4.74 Å². The summed E-state index contributed by atoms with van der Waals surface area (Å²) in [5.41, 5.74) is 0.369. The molecule has 1 rings (SSSR count). The van der Waals surface area contributed by atoms with Crippen LogP contribution in [0.5, 0.6) is 0 Å². The van der Waals surface area contributed by atoms with Crippen molar-refractivity contribution in [1.29, 1.82) is 0 Å². The number of methoxy groups -OCH3 is 1. The third-order valence-corrected chi connectivity index (χ3v) is 3.67. The van der Waals surface area contributed by atoms with E-state index in [2.05, 4.69) is 25.8 Å². The van der Waals surface area contributed by atoms with Crippen LogP contribution in [0.15, 0.2) is 5.38 Å². The van der Waals surface area contributed by atoms with E-state index in [0.29, 0.717) is 0 Å². The minimum absolute atomic E-state index is 0.0148. The van der Waals surface area contributed by atoms with E-state index in [0.717, 1.165) is 10.7 Å². The van der Waals surface area contributed by atoms with E-state index in [1.54, 1.807) is 0 Å². The third kappa shape index (κ3) is 2.43. The summed E-state index contributed by atoms with van der Waals surface area (Å²) in [5, 5.41) is 2.82. The largest absolute Gasteiger partial charge is 0.468 e. The Kier molecular flexibility index (Phi) is 3.43. The molecule has 0 aliphatic heterocycles. The topological polar surface area (TPSA) is 39.2 Å². The molecule has 0 N–H and O–H groups in total. The second-order valence-electron chi connectivity index (χ2n) is 5.40. The SMILES string of the molecule is COC(=O)C(C)(C)c1nc(C(C)(C)C)cs1. The van der Waals surface area contributed by atoms with E-state index in [1.165, 1.54) is 18.4 Å². The Morgan fingerprint density at radius 1 is 1.31 bits per heavy atom. The number of carbonyl (C=O) groups excluding carboxylic acids is 1. The zero-order valence-electron chi connectivity index (χ0n) is 10.7. The first-order valence-electron chi connectivity index (χ1n) is 5.24.